The lowest BCUT2D eigenvalue weighted by Gasteiger charge is -2.80. The van der Waals surface area contributed by atoms with Crippen molar-refractivity contribution >= 4 is 17.5 Å². The number of hydrogen-bond acceptors (Lipinski definition) is 3. The Bertz CT molecular complexity index is 1060. The molecule has 2 aliphatic carbocycles. The van der Waals surface area contributed by atoms with Crippen molar-refractivity contribution in [1.29, 1.82) is 0 Å². The van der Waals surface area contributed by atoms with Gasteiger partial charge in [-0.05, 0) is 87.4 Å². The molecule has 1 aliphatic heterocycles. The van der Waals surface area contributed by atoms with Crippen LogP contribution >= 0.6 is 11.6 Å². The second kappa shape index (κ2) is 7.25. The molecule has 31 heavy (non-hydrogen) atoms. The minimum absolute atomic E-state index is 0.00139. The fourth-order valence-corrected chi connectivity index (χ4v) is 6.64. The Hall–Kier alpha value is -2.04. The summed E-state index contributed by atoms with van der Waals surface area (Å²) in [6, 6.07) is 11.7. The van der Waals surface area contributed by atoms with Crippen molar-refractivity contribution in [3.05, 3.63) is 63.2 Å². The van der Waals surface area contributed by atoms with E-state index in [1.54, 1.807) is 13.2 Å². The summed E-state index contributed by atoms with van der Waals surface area (Å²) in [5.74, 6) is 0.955. The molecule has 3 fully saturated rings. The van der Waals surface area contributed by atoms with E-state index in [1.807, 2.05) is 19.1 Å². The van der Waals surface area contributed by atoms with Crippen molar-refractivity contribution in [2.75, 3.05) is 7.11 Å². The largest absolute Gasteiger partial charge is 0.496 e. The number of carbonyl (C=O) groups excluding carboxylic acids is 1. The van der Waals surface area contributed by atoms with Crippen LogP contribution in [0.5, 0.6) is 5.75 Å². The van der Waals surface area contributed by atoms with Crippen LogP contribution in [0, 0.1) is 26.2 Å². The Morgan fingerprint density at radius 1 is 1.19 bits per heavy atom. The molecule has 5 heteroatoms. The first-order valence-electron chi connectivity index (χ1n) is 11.3. The number of nitrogens with one attached hydrogen (secondary N) is 1. The molecule has 1 spiro atoms. The standard InChI is InChI=1S/C26H31ClN2O2/c1-14-6-7-18(12-20(14)27)25(30)28-22-13-24-26(22)11-10-23(26)29(24)17(4)19-8-9-21(31-5)16(3)15(19)2/h6-9,12,17,22-24H,10-11,13H2,1-5H3,(H,28,30). The first-order valence-corrected chi connectivity index (χ1v) is 11.7. The molecule has 164 valence electrons. The van der Waals surface area contributed by atoms with Gasteiger partial charge < -0.3 is 10.1 Å². The summed E-state index contributed by atoms with van der Waals surface area (Å²) in [6.45, 7) is 8.62. The zero-order chi connectivity index (χ0) is 22.1. The maximum atomic E-state index is 12.8. The monoisotopic (exact) mass is 438 g/mol. The number of nitrogens with zero attached hydrogens (tertiary/aromatic N) is 1. The van der Waals surface area contributed by atoms with Crippen LogP contribution in [-0.2, 0) is 0 Å². The number of piperidine rings is 2. The molecule has 2 saturated carbocycles. The smallest absolute Gasteiger partial charge is 0.251 e. The number of ether oxygens (including phenoxy) is 1. The van der Waals surface area contributed by atoms with E-state index in [1.165, 1.54) is 29.5 Å². The lowest BCUT2D eigenvalue weighted by Crippen LogP contribution is -2.89. The van der Waals surface area contributed by atoms with Gasteiger partial charge in [0.15, 0.2) is 0 Å². The van der Waals surface area contributed by atoms with E-state index < -0.39 is 0 Å². The molecule has 2 aromatic rings. The van der Waals surface area contributed by atoms with E-state index in [-0.39, 0.29) is 17.4 Å². The molecule has 1 saturated heterocycles. The molecular formula is C26H31ClN2O2. The molecule has 2 aromatic carbocycles. The molecule has 1 amide bonds. The van der Waals surface area contributed by atoms with E-state index >= 15 is 0 Å². The second-order valence-corrected chi connectivity index (χ2v) is 10.0. The summed E-state index contributed by atoms with van der Waals surface area (Å²) >= 11 is 6.23. The van der Waals surface area contributed by atoms with Crippen LogP contribution in [0.15, 0.2) is 30.3 Å². The SMILES string of the molecule is COc1ccc(C(C)N2C3CCC34C(NC(=O)c3ccc(C)c(Cl)c3)CC24)c(C)c1C. The van der Waals surface area contributed by atoms with Gasteiger partial charge in [0.2, 0.25) is 0 Å². The van der Waals surface area contributed by atoms with Gasteiger partial charge in [0.25, 0.3) is 5.91 Å². The van der Waals surface area contributed by atoms with Crippen LogP contribution in [0.4, 0.5) is 0 Å². The molecule has 4 nitrogen and oxygen atoms in total. The number of methoxy groups -OCH3 is 1. The third kappa shape index (κ3) is 2.81. The highest BCUT2D eigenvalue weighted by Gasteiger charge is 2.76. The third-order valence-electron chi connectivity index (χ3n) is 8.56. The highest BCUT2D eigenvalue weighted by atomic mass is 35.5. The predicted molar refractivity (Wildman–Crippen MR) is 124 cm³/mol. The van der Waals surface area contributed by atoms with Gasteiger partial charge in [-0.25, -0.2) is 0 Å². The Kier molecular flexibility index (Phi) is 4.87. The van der Waals surface area contributed by atoms with Crippen molar-refractivity contribution in [2.24, 2.45) is 5.41 Å². The fourth-order valence-electron chi connectivity index (χ4n) is 6.46. The van der Waals surface area contributed by atoms with Gasteiger partial charge >= 0.3 is 0 Å². The van der Waals surface area contributed by atoms with Gasteiger partial charge in [-0.3, -0.25) is 9.69 Å². The van der Waals surface area contributed by atoms with E-state index in [0.717, 1.165) is 17.7 Å². The fraction of sp³-hybridized carbons (Fsp3) is 0.500. The Balaban J connectivity index is 1.30. The highest BCUT2D eigenvalue weighted by molar-refractivity contribution is 6.31. The molecule has 3 aliphatic rings. The van der Waals surface area contributed by atoms with Gasteiger partial charge in [0, 0.05) is 40.2 Å². The van der Waals surface area contributed by atoms with E-state index in [9.17, 15) is 4.79 Å². The van der Waals surface area contributed by atoms with Gasteiger partial charge in [-0.2, -0.15) is 0 Å². The van der Waals surface area contributed by atoms with Crippen molar-refractivity contribution in [3.63, 3.8) is 0 Å². The minimum atomic E-state index is -0.00139. The summed E-state index contributed by atoms with van der Waals surface area (Å²) in [4.78, 5) is 15.5. The average Bonchev–Trinajstić information content (AvgIpc) is 2.71. The first kappa shape index (κ1) is 20.8. The molecule has 1 heterocycles. The summed E-state index contributed by atoms with van der Waals surface area (Å²) in [5.41, 5.74) is 5.85. The molecule has 1 N–H and O–H groups in total. The van der Waals surface area contributed by atoms with Crippen LogP contribution in [0.2, 0.25) is 5.02 Å². The number of benzene rings is 2. The van der Waals surface area contributed by atoms with Gasteiger partial charge in [0.05, 0.1) is 7.11 Å². The van der Waals surface area contributed by atoms with E-state index in [2.05, 4.69) is 43.1 Å². The van der Waals surface area contributed by atoms with Crippen molar-refractivity contribution in [3.8, 4) is 5.75 Å². The molecule has 0 aromatic heterocycles. The summed E-state index contributed by atoms with van der Waals surface area (Å²) in [5, 5.41) is 3.97. The Morgan fingerprint density at radius 2 is 1.97 bits per heavy atom. The molecule has 5 rings (SSSR count). The maximum absolute atomic E-state index is 12.8. The van der Waals surface area contributed by atoms with Gasteiger partial charge in [0.1, 0.15) is 5.75 Å². The Morgan fingerprint density at radius 3 is 2.58 bits per heavy atom. The number of rotatable bonds is 5. The highest BCUT2D eigenvalue weighted by Crippen LogP contribution is 2.70. The van der Waals surface area contributed by atoms with Gasteiger partial charge in [-0.1, -0.05) is 23.7 Å². The molecule has 5 unspecified atom stereocenters. The number of likely N-dealkylation sites (tertiary alicyclic amines) is 1. The van der Waals surface area contributed by atoms with Crippen LogP contribution in [0.1, 0.15) is 64.8 Å². The number of hydrogen-bond donors (Lipinski definition) is 1. The quantitative estimate of drug-likeness (QED) is 0.682. The number of aryl methyl sites for hydroxylation is 1. The van der Waals surface area contributed by atoms with Crippen LogP contribution in [0.3, 0.4) is 0 Å². The summed E-state index contributed by atoms with van der Waals surface area (Å²) < 4.78 is 5.50. The van der Waals surface area contributed by atoms with Crippen molar-refractivity contribution in [2.45, 2.75) is 71.1 Å². The van der Waals surface area contributed by atoms with Crippen molar-refractivity contribution in [1.82, 2.24) is 10.2 Å². The zero-order valence-electron chi connectivity index (χ0n) is 19.0. The van der Waals surface area contributed by atoms with Gasteiger partial charge in [-0.15, -0.1) is 0 Å². The molecule has 5 atom stereocenters. The normalized spacial score (nSPS) is 29.5. The number of amides is 1. The molecular weight excluding hydrogens is 408 g/mol. The summed E-state index contributed by atoms with van der Waals surface area (Å²) in [7, 11) is 1.73. The lowest BCUT2D eigenvalue weighted by atomic mass is 9.39. The van der Waals surface area contributed by atoms with Crippen LogP contribution < -0.4 is 10.1 Å². The second-order valence-electron chi connectivity index (χ2n) is 9.64. The average molecular weight is 439 g/mol. The minimum Gasteiger partial charge on any atom is -0.496 e. The predicted octanol–water partition coefficient (Wildman–Crippen LogP) is 5.37. The van der Waals surface area contributed by atoms with Crippen LogP contribution in [0.25, 0.3) is 0 Å². The van der Waals surface area contributed by atoms with E-state index in [0.29, 0.717) is 28.7 Å². The van der Waals surface area contributed by atoms with E-state index in [4.69, 9.17) is 16.3 Å². The number of carbonyl (C=O) groups is 1. The Labute approximate surface area is 189 Å². The van der Waals surface area contributed by atoms with Crippen molar-refractivity contribution < 1.29 is 9.53 Å². The first-order chi connectivity index (χ1) is 14.8. The third-order valence-corrected chi connectivity index (χ3v) is 8.96. The summed E-state index contributed by atoms with van der Waals surface area (Å²) in [6.07, 6.45) is 3.46. The number of halogens is 1. The topological polar surface area (TPSA) is 41.6 Å². The zero-order valence-corrected chi connectivity index (χ0v) is 19.7. The molecule has 0 bridgehead atoms. The molecule has 0 radical (unpaired) electrons. The lowest BCUT2D eigenvalue weighted by molar-refractivity contribution is -0.293. The van der Waals surface area contributed by atoms with Crippen LogP contribution in [-0.4, -0.2) is 36.0 Å². The maximum Gasteiger partial charge on any atom is 0.251 e.